The van der Waals surface area contributed by atoms with Gasteiger partial charge in [-0.15, -0.1) is 0 Å². The Balaban J connectivity index is 2.71. The summed E-state index contributed by atoms with van der Waals surface area (Å²) < 4.78 is 26.3. The summed E-state index contributed by atoms with van der Waals surface area (Å²) in [6.45, 7) is 9.41. The summed E-state index contributed by atoms with van der Waals surface area (Å²) in [7, 11) is -3.43. The van der Waals surface area contributed by atoms with Gasteiger partial charge < -0.3 is 10.6 Å². The van der Waals surface area contributed by atoms with E-state index in [0.29, 0.717) is 24.5 Å². The number of carbonyl (C=O) groups excluding carboxylic acids is 1. The van der Waals surface area contributed by atoms with Gasteiger partial charge in [-0.25, -0.2) is 8.42 Å². The maximum absolute atomic E-state index is 12.4. The SMILES string of the molecule is CCCNC(=O)CN[C@H](C)c1ccc(S(=O)(=O)N(CC)CC)cc1. The van der Waals surface area contributed by atoms with Crippen LogP contribution in [0.15, 0.2) is 29.2 Å². The molecule has 0 saturated heterocycles. The molecule has 7 heteroatoms. The molecule has 1 amide bonds. The molecule has 0 unspecified atom stereocenters. The Labute approximate surface area is 145 Å². The van der Waals surface area contributed by atoms with Gasteiger partial charge in [0.25, 0.3) is 0 Å². The van der Waals surface area contributed by atoms with Gasteiger partial charge >= 0.3 is 0 Å². The summed E-state index contributed by atoms with van der Waals surface area (Å²) in [5, 5.41) is 5.95. The largest absolute Gasteiger partial charge is 0.355 e. The van der Waals surface area contributed by atoms with Gasteiger partial charge in [0.2, 0.25) is 15.9 Å². The number of hydrogen-bond donors (Lipinski definition) is 2. The molecule has 0 aliphatic heterocycles. The number of hydrogen-bond acceptors (Lipinski definition) is 4. The number of amides is 1. The fraction of sp³-hybridized carbons (Fsp3) is 0.588. The second-order valence-electron chi connectivity index (χ2n) is 5.61. The standard InChI is InChI=1S/C17H29N3O3S/c1-5-12-18-17(21)13-19-14(4)15-8-10-16(11-9-15)24(22,23)20(6-2)7-3/h8-11,14,19H,5-7,12-13H2,1-4H3,(H,18,21)/t14-/m1/s1. The Bertz CT molecular complexity index is 610. The lowest BCUT2D eigenvalue weighted by atomic mass is 10.1. The Kier molecular flexibility index (Phi) is 8.38. The smallest absolute Gasteiger partial charge is 0.243 e. The van der Waals surface area contributed by atoms with E-state index in [9.17, 15) is 13.2 Å². The average molecular weight is 356 g/mol. The monoisotopic (exact) mass is 355 g/mol. The van der Waals surface area contributed by atoms with Gasteiger partial charge in [0.05, 0.1) is 11.4 Å². The molecule has 0 aliphatic carbocycles. The van der Waals surface area contributed by atoms with Crippen LogP contribution >= 0.6 is 0 Å². The second kappa shape index (κ2) is 9.76. The van der Waals surface area contributed by atoms with Crippen LogP contribution in [0.1, 0.15) is 45.7 Å². The van der Waals surface area contributed by atoms with Crippen LogP contribution in [0.2, 0.25) is 0 Å². The van der Waals surface area contributed by atoms with Gasteiger partial charge in [-0.2, -0.15) is 4.31 Å². The summed E-state index contributed by atoms with van der Waals surface area (Å²) in [6, 6.07) is 6.79. The first kappa shape index (κ1) is 20.6. The Morgan fingerprint density at radius 2 is 1.71 bits per heavy atom. The zero-order valence-electron chi connectivity index (χ0n) is 15.0. The van der Waals surface area contributed by atoms with Crippen molar-refractivity contribution in [3.63, 3.8) is 0 Å². The predicted octanol–water partition coefficient (Wildman–Crippen LogP) is 1.89. The third-order valence-corrected chi connectivity index (χ3v) is 5.93. The van der Waals surface area contributed by atoms with E-state index in [1.165, 1.54) is 4.31 Å². The van der Waals surface area contributed by atoms with Gasteiger partial charge in [0.1, 0.15) is 0 Å². The van der Waals surface area contributed by atoms with Crippen LogP contribution in [-0.4, -0.2) is 44.8 Å². The highest BCUT2D eigenvalue weighted by Gasteiger charge is 2.21. The summed E-state index contributed by atoms with van der Waals surface area (Å²) in [6.07, 6.45) is 0.907. The number of nitrogens with zero attached hydrogens (tertiary/aromatic N) is 1. The Morgan fingerprint density at radius 1 is 1.12 bits per heavy atom. The van der Waals surface area contributed by atoms with Crippen LogP contribution in [-0.2, 0) is 14.8 Å². The lowest BCUT2D eigenvalue weighted by Crippen LogP contribution is -2.35. The molecule has 1 atom stereocenters. The van der Waals surface area contributed by atoms with Crippen molar-refractivity contribution in [2.24, 2.45) is 0 Å². The molecule has 0 saturated carbocycles. The molecule has 1 aromatic carbocycles. The molecule has 24 heavy (non-hydrogen) atoms. The van der Waals surface area contributed by atoms with Gasteiger partial charge in [-0.05, 0) is 31.0 Å². The molecular weight excluding hydrogens is 326 g/mol. The average Bonchev–Trinajstić information content (AvgIpc) is 2.58. The van der Waals surface area contributed by atoms with Crippen LogP contribution in [0, 0.1) is 0 Å². The van der Waals surface area contributed by atoms with E-state index in [2.05, 4.69) is 10.6 Å². The molecule has 0 aliphatic rings. The van der Waals surface area contributed by atoms with Crippen molar-refractivity contribution in [2.45, 2.75) is 45.1 Å². The summed E-state index contributed by atoms with van der Waals surface area (Å²) >= 11 is 0. The van der Waals surface area contributed by atoms with Crippen LogP contribution in [0.5, 0.6) is 0 Å². The molecule has 1 aromatic rings. The van der Waals surface area contributed by atoms with Gasteiger partial charge in [0, 0.05) is 25.7 Å². The number of rotatable bonds is 10. The fourth-order valence-electron chi connectivity index (χ4n) is 2.33. The molecule has 0 heterocycles. The van der Waals surface area contributed by atoms with Crippen molar-refractivity contribution < 1.29 is 13.2 Å². The van der Waals surface area contributed by atoms with Gasteiger partial charge in [0.15, 0.2) is 0 Å². The summed E-state index contributed by atoms with van der Waals surface area (Å²) in [5.74, 6) is -0.0376. The molecule has 6 nitrogen and oxygen atoms in total. The fourth-order valence-corrected chi connectivity index (χ4v) is 3.79. The van der Waals surface area contributed by atoms with Gasteiger partial charge in [-0.3, -0.25) is 4.79 Å². The minimum Gasteiger partial charge on any atom is -0.355 e. The number of nitrogens with one attached hydrogen (secondary N) is 2. The summed E-state index contributed by atoms with van der Waals surface area (Å²) in [5.41, 5.74) is 0.941. The van der Waals surface area contributed by atoms with E-state index < -0.39 is 10.0 Å². The molecule has 136 valence electrons. The first-order valence-corrected chi connectivity index (χ1v) is 9.90. The first-order valence-electron chi connectivity index (χ1n) is 8.46. The topological polar surface area (TPSA) is 78.5 Å². The van der Waals surface area contributed by atoms with Gasteiger partial charge in [-0.1, -0.05) is 32.9 Å². The van der Waals surface area contributed by atoms with Crippen LogP contribution in [0.3, 0.4) is 0 Å². The Morgan fingerprint density at radius 3 is 2.21 bits per heavy atom. The molecule has 0 aromatic heterocycles. The Hall–Kier alpha value is -1.44. The van der Waals surface area contributed by atoms with Crippen molar-refractivity contribution in [3.05, 3.63) is 29.8 Å². The van der Waals surface area contributed by atoms with E-state index >= 15 is 0 Å². The number of carbonyl (C=O) groups is 1. The normalized spacial score (nSPS) is 13.0. The number of benzene rings is 1. The molecular formula is C17H29N3O3S. The van der Waals surface area contributed by atoms with E-state index in [-0.39, 0.29) is 18.5 Å². The van der Waals surface area contributed by atoms with Crippen molar-refractivity contribution in [3.8, 4) is 0 Å². The van der Waals surface area contributed by atoms with Crippen molar-refractivity contribution >= 4 is 15.9 Å². The third-order valence-electron chi connectivity index (χ3n) is 3.86. The third kappa shape index (κ3) is 5.58. The predicted molar refractivity (Wildman–Crippen MR) is 96.3 cm³/mol. The summed E-state index contributed by atoms with van der Waals surface area (Å²) in [4.78, 5) is 11.9. The van der Waals surface area contributed by atoms with E-state index in [1.54, 1.807) is 24.3 Å². The van der Waals surface area contributed by atoms with Crippen molar-refractivity contribution in [2.75, 3.05) is 26.2 Å². The lowest BCUT2D eigenvalue weighted by Gasteiger charge is -2.19. The minimum atomic E-state index is -3.43. The highest BCUT2D eigenvalue weighted by atomic mass is 32.2. The first-order chi connectivity index (χ1) is 11.4. The zero-order chi connectivity index (χ0) is 18.2. The van der Waals surface area contributed by atoms with Crippen LogP contribution in [0.4, 0.5) is 0 Å². The number of sulfonamides is 1. The lowest BCUT2D eigenvalue weighted by molar-refractivity contribution is -0.120. The molecule has 0 fully saturated rings. The quantitative estimate of drug-likeness (QED) is 0.672. The molecule has 1 rings (SSSR count). The minimum absolute atomic E-state index is 0.0376. The van der Waals surface area contributed by atoms with Crippen molar-refractivity contribution in [1.29, 1.82) is 0 Å². The van der Waals surface area contributed by atoms with E-state index in [4.69, 9.17) is 0 Å². The van der Waals surface area contributed by atoms with Crippen LogP contribution < -0.4 is 10.6 Å². The zero-order valence-corrected chi connectivity index (χ0v) is 15.8. The van der Waals surface area contributed by atoms with Crippen molar-refractivity contribution in [1.82, 2.24) is 14.9 Å². The highest BCUT2D eigenvalue weighted by molar-refractivity contribution is 7.89. The maximum Gasteiger partial charge on any atom is 0.243 e. The molecule has 2 N–H and O–H groups in total. The maximum atomic E-state index is 12.4. The second-order valence-corrected chi connectivity index (χ2v) is 7.55. The van der Waals surface area contributed by atoms with Crippen LogP contribution in [0.25, 0.3) is 0 Å². The molecule has 0 radical (unpaired) electrons. The molecule has 0 bridgehead atoms. The van der Waals surface area contributed by atoms with E-state index in [1.807, 2.05) is 27.7 Å². The molecule has 0 spiro atoms. The van der Waals surface area contributed by atoms with E-state index in [0.717, 1.165) is 12.0 Å². The highest BCUT2D eigenvalue weighted by Crippen LogP contribution is 2.19.